The van der Waals surface area contributed by atoms with Gasteiger partial charge in [-0.25, -0.2) is 0 Å². The molecule has 3 nitrogen and oxygen atoms in total. The highest BCUT2D eigenvalue weighted by Crippen LogP contribution is 2.40. The van der Waals surface area contributed by atoms with E-state index < -0.39 is 0 Å². The molecule has 0 heterocycles. The number of hydrogen-bond acceptors (Lipinski definition) is 3. The molecule has 26 heavy (non-hydrogen) atoms. The molecule has 3 heteroatoms. The van der Waals surface area contributed by atoms with Crippen molar-refractivity contribution in [3.63, 3.8) is 0 Å². The van der Waals surface area contributed by atoms with Crippen molar-refractivity contribution in [2.45, 2.75) is 32.8 Å². The predicted octanol–water partition coefficient (Wildman–Crippen LogP) is 4.45. The van der Waals surface area contributed by atoms with Crippen molar-refractivity contribution >= 4 is 11.6 Å². The van der Waals surface area contributed by atoms with Crippen LogP contribution in [-0.4, -0.2) is 18.2 Å². The first kappa shape index (κ1) is 18.5. The third-order valence-corrected chi connectivity index (χ3v) is 5.37. The van der Waals surface area contributed by atoms with E-state index in [1.54, 1.807) is 13.0 Å². The third kappa shape index (κ3) is 4.67. The molecule has 1 unspecified atom stereocenters. The maximum Gasteiger partial charge on any atom is 0.182 e. The molecule has 0 aliphatic heterocycles. The standard InChI is InChI=1S/C23H26O3/c1-16-10-23(25)17(2)21(8-9-22(16)24)13-19-11-20(12-19)15-26-14-18-6-4-3-5-7-18/h3-10,19-21H,2,11-15H2,1H3/b9-8-,16-10-/t19-,20+,21?. The molecule has 136 valence electrons. The molecule has 2 aliphatic rings. The van der Waals surface area contributed by atoms with Crippen molar-refractivity contribution in [1.29, 1.82) is 0 Å². The Kier molecular flexibility index (Phi) is 6.00. The van der Waals surface area contributed by atoms with E-state index in [2.05, 4.69) is 18.7 Å². The van der Waals surface area contributed by atoms with E-state index in [1.807, 2.05) is 24.3 Å². The lowest BCUT2D eigenvalue weighted by atomic mass is 9.70. The zero-order chi connectivity index (χ0) is 18.5. The normalized spacial score (nSPS) is 29.3. The Morgan fingerprint density at radius 3 is 2.54 bits per heavy atom. The van der Waals surface area contributed by atoms with Crippen LogP contribution >= 0.6 is 0 Å². The SMILES string of the molecule is C=C1C(=O)/C=C(/C)C(=O)/C=C\C1C[C@H]1C[C@@H](COCc2ccccc2)C1. The van der Waals surface area contributed by atoms with Crippen LogP contribution in [-0.2, 0) is 20.9 Å². The number of benzene rings is 1. The molecule has 1 saturated carbocycles. The molecule has 3 rings (SSSR count). The number of rotatable bonds is 6. The summed E-state index contributed by atoms with van der Waals surface area (Å²) in [5.41, 5.74) is 2.27. The minimum absolute atomic E-state index is 0.0352. The molecule has 1 fully saturated rings. The lowest BCUT2D eigenvalue weighted by Gasteiger charge is -2.37. The molecule has 0 spiro atoms. The van der Waals surface area contributed by atoms with Gasteiger partial charge in [0.2, 0.25) is 0 Å². The quantitative estimate of drug-likeness (QED) is 0.712. The highest BCUT2D eigenvalue weighted by molar-refractivity contribution is 6.13. The van der Waals surface area contributed by atoms with Gasteiger partial charge < -0.3 is 4.74 Å². The maximum atomic E-state index is 12.2. The zero-order valence-corrected chi connectivity index (χ0v) is 15.3. The molecular weight excluding hydrogens is 324 g/mol. The maximum absolute atomic E-state index is 12.2. The fraction of sp³-hybridized carbons (Fsp3) is 0.391. The van der Waals surface area contributed by atoms with E-state index in [0.717, 1.165) is 25.9 Å². The molecule has 0 amide bonds. The Hall–Kier alpha value is -2.26. The summed E-state index contributed by atoms with van der Waals surface area (Å²) in [6.45, 7) is 7.08. The highest BCUT2D eigenvalue weighted by Gasteiger charge is 2.32. The second-order valence-corrected chi connectivity index (χ2v) is 7.49. The van der Waals surface area contributed by atoms with Gasteiger partial charge in [0.1, 0.15) is 0 Å². The Morgan fingerprint density at radius 2 is 1.81 bits per heavy atom. The van der Waals surface area contributed by atoms with Crippen LogP contribution in [0.5, 0.6) is 0 Å². The van der Waals surface area contributed by atoms with E-state index >= 15 is 0 Å². The first-order valence-corrected chi connectivity index (χ1v) is 9.28. The molecule has 0 aromatic heterocycles. The third-order valence-electron chi connectivity index (χ3n) is 5.37. The first-order valence-electron chi connectivity index (χ1n) is 9.28. The number of hydrogen-bond donors (Lipinski definition) is 0. The van der Waals surface area contributed by atoms with Gasteiger partial charge in [-0.3, -0.25) is 9.59 Å². The molecule has 1 aromatic rings. The summed E-state index contributed by atoms with van der Waals surface area (Å²) >= 11 is 0. The summed E-state index contributed by atoms with van der Waals surface area (Å²) in [7, 11) is 0. The molecule has 0 bridgehead atoms. The van der Waals surface area contributed by atoms with Gasteiger partial charge in [0.05, 0.1) is 6.61 Å². The van der Waals surface area contributed by atoms with Gasteiger partial charge in [-0.2, -0.15) is 0 Å². The fourth-order valence-electron chi connectivity index (χ4n) is 3.69. The van der Waals surface area contributed by atoms with Crippen LogP contribution in [0.1, 0.15) is 31.7 Å². The zero-order valence-electron chi connectivity index (χ0n) is 15.3. The minimum Gasteiger partial charge on any atom is -0.376 e. The topological polar surface area (TPSA) is 43.4 Å². The van der Waals surface area contributed by atoms with Crippen molar-refractivity contribution in [2.75, 3.05) is 6.61 Å². The number of ketones is 2. The van der Waals surface area contributed by atoms with Crippen molar-refractivity contribution in [1.82, 2.24) is 0 Å². The van der Waals surface area contributed by atoms with Crippen LogP contribution in [0.3, 0.4) is 0 Å². The largest absolute Gasteiger partial charge is 0.376 e. The molecule has 0 saturated heterocycles. The summed E-state index contributed by atoms with van der Waals surface area (Å²) < 4.78 is 5.82. The van der Waals surface area contributed by atoms with Crippen LogP contribution in [0.25, 0.3) is 0 Å². The van der Waals surface area contributed by atoms with Crippen LogP contribution in [0.2, 0.25) is 0 Å². The summed E-state index contributed by atoms with van der Waals surface area (Å²) in [6, 6.07) is 10.2. The van der Waals surface area contributed by atoms with Gasteiger partial charge >= 0.3 is 0 Å². The lowest BCUT2D eigenvalue weighted by molar-refractivity contribution is -0.114. The van der Waals surface area contributed by atoms with Gasteiger partial charge in [-0.1, -0.05) is 43.0 Å². The summed E-state index contributed by atoms with van der Waals surface area (Å²) in [4.78, 5) is 24.0. The summed E-state index contributed by atoms with van der Waals surface area (Å²) in [5.74, 6) is 0.920. The van der Waals surface area contributed by atoms with Gasteiger partial charge in [0.15, 0.2) is 11.6 Å². The number of carbonyl (C=O) groups is 2. The van der Waals surface area contributed by atoms with Crippen molar-refractivity contribution in [3.8, 4) is 0 Å². The number of carbonyl (C=O) groups excluding carboxylic acids is 2. The van der Waals surface area contributed by atoms with E-state index in [0.29, 0.717) is 29.6 Å². The van der Waals surface area contributed by atoms with Crippen molar-refractivity contribution < 1.29 is 14.3 Å². The average molecular weight is 350 g/mol. The summed E-state index contributed by atoms with van der Waals surface area (Å²) in [6.07, 6.45) is 7.98. The van der Waals surface area contributed by atoms with Crippen LogP contribution in [0.15, 0.2) is 66.3 Å². The average Bonchev–Trinajstić information content (AvgIpc) is 2.61. The second kappa shape index (κ2) is 8.41. The van der Waals surface area contributed by atoms with Gasteiger partial charge in [-0.05, 0) is 61.3 Å². The van der Waals surface area contributed by atoms with E-state index in [4.69, 9.17) is 4.74 Å². The minimum atomic E-state index is -0.118. The number of allylic oxidation sites excluding steroid dienone is 5. The number of ether oxygens (including phenoxy) is 1. The van der Waals surface area contributed by atoms with E-state index in [9.17, 15) is 9.59 Å². The van der Waals surface area contributed by atoms with Gasteiger partial charge in [0.25, 0.3) is 0 Å². The molecule has 0 radical (unpaired) electrons. The van der Waals surface area contributed by atoms with Gasteiger partial charge in [-0.15, -0.1) is 0 Å². The Bertz CT molecular complexity index is 736. The van der Waals surface area contributed by atoms with Crippen molar-refractivity contribution in [2.24, 2.45) is 17.8 Å². The molecule has 2 aliphatic carbocycles. The van der Waals surface area contributed by atoms with E-state index in [-0.39, 0.29) is 17.5 Å². The van der Waals surface area contributed by atoms with Crippen LogP contribution in [0, 0.1) is 17.8 Å². The monoisotopic (exact) mass is 350 g/mol. The predicted molar refractivity (Wildman–Crippen MR) is 102 cm³/mol. The Morgan fingerprint density at radius 1 is 1.08 bits per heavy atom. The molecule has 1 atom stereocenters. The Labute approximate surface area is 155 Å². The smallest absolute Gasteiger partial charge is 0.182 e. The Balaban J connectivity index is 1.43. The molecular formula is C23H26O3. The highest BCUT2D eigenvalue weighted by atomic mass is 16.5. The second-order valence-electron chi connectivity index (χ2n) is 7.49. The summed E-state index contributed by atoms with van der Waals surface area (Å²) in [5, 5.41) is 0. The van der Waals surface area contributed by atoms with E-state index in [1.165, 1.54) is 11.6 Å². The molecule has 0 N–H and O–H groups in total. The fourth-order valence-corrected chi connectivity index (χ4v) is 3.69. The molecule has 1 aromatic carbocycles. The van der Waals surface area contributed by atoms with Crippen LogP contribution in [0.4, 0.5) is 0 Å². The lowest BCUT2D eigenvalue weighted by Crippen LogP contribution is -2.30. The van der Waals surface area contributed by atoms with Gasteiger partial charge in [0, 0.05) is 18.1 Å². The first-order chi connectivity index (χ1) is 12.5. The van der Waals surface area contributed by atoms with Crippen LogP contribution < -0.4 is 0 Å². The van der Waals surface area contributed by atoms with Crippen molar-refractivity contribution in [3.05, 3.63) is 71.8 Å².